The molecular formula is C11H15N5O2. The van der Waals surface area contributed by atoms with Gasteiger partial charge in [0.15, 0.2) is 0 Å². The van der Waals surface area contributed by atoms with Gasteiger partial charge in [-0.1, -0.05) is 0 Å². The fourth-order valence-electron chi connectivity index (χ4n) is 2.78. The summed E-state index contributed by atoms with van der Waals surface area (Å²) in [6, 6.07) is 0.512. The predicted octanol–water partition coefficient (Wildman–Crippen LogP) is 0.573. The van der Waals surface area contributed by atoms with Crippen LogP contribution in [0.3, 0.4) is 0 Å². The molecule has 7 nitrogen and oxygen atoms in total. The van der Waals surface area contributed by atoms with Crippen molar-refractivity contribution in [3.63, 3.8) is 0 Å². The summed E-state index contributed by atoms with van der Waals surface area (Å²) < 4.78 is 0. The molecule has 0 saturated carbocycles. The molecule has 2 saturated heterocycles. The van der Waals surface area contributed by atoms with Crippen molar-refractivity contribution in [2.24, 2.45) is 5.92 Å². The van der Waals surface area contributed by atoms with Crippen molar-refractivity contribution in [2.45, 2.75) is 18.9 Å². The van der Waals surface area contributed by atoms with E-state index in [0.29, 0.717) is 17.9 Å². The Labute approximate surface area is 104 Å². The maximum atomic E-state index is 10.5. The highest BCUT2D eigenvalue weighted by Crippen LogP contribution is 2.27. The Morgan fingerprint density at radius 3 is 2.83 bits per heavy atom. The number of rotatable bonds is 2. The minimum atomic E-state index is -0.477. The lowest BCUT2D eigenvalue weighted by Gasteiger charge is -2.24. The Morgan fingerprint density at radius 2 is 2.17 bits per heavy atom. The number of aromatic nitrogens is 2. The molecule has 0 aromatic carbocycles. The standard InChI is InChI=1S/C11H15N5O2/c17-16(18)9-4-13-11(14-5-9)15-6-8-2-1-3-12-10(8)7-15/h4-5,8,10,12H,1-3,6-7H2/t8-,10+/m0/s1. The molecule has 3 rings (SSSR count). The van der Waals surface area contributed by atoms with Gasteiger partial charge in [0.05, 0.1) is 4.92 Å². The summed E-state index contributed by atoms with van der Waals surface area (Å²) in [5.74, 6) is 1.24. The molecule has 2 atom stereocenters. The molecule has 2 aliphatic rings. The van der Waals surface area contributed by atoms with E-state index in [-0.39, 0.29) is 5.69 Å². The number of anilines is 1. The number of nitrogens with one attached hydrogen (secondary N) is 1. The zero-order valence-electron chi connectivity index (χ0n) is 9.95. The van der Waals surface area contributed by atoms with Gasteiger partial charge in [-0.25, -0.2) is 9.97 Å². The van der Waals surface area contributed by atoms with Crippen molar-refractivity contribution in [1.82, 2.24) is 15.3 Å². The van der Waals surface area contributed by atoms with Gasteiger partial charge in [0.1, 0.15) is 12.4 Å². The first kappa shape index (κ1) is 11.3. The van der Waals surface area contributed by atoms with Crippen molar-refractivity contribution >= 4 is 11.6 Å². The highest BCUT2D eigenvalue weighted by Gasteiger charge is 2.35. The maximum Gasteiger partial charge on any atom is 0.305 e. The Balaban J connectivity index is 1.73. The largest absolute Gasteiger partial charge is 0.339 e. The number of piperidine rings is 1. The number of fused-ring (bicyclic) bond motifs is 1. The van der Waals surface area contributed by atoms with Gasteiger partial charge in [0.2, 0.25) is 5.95 Å². The van der Waals surface area contributed by atoms with E-state index < -0.39 is 4.92 Å². The van der Waals surface area contributed by atoms with E-state index in [1.54, 1.807) is 0 Å². The van der Waals surface area contributed by atoms with Gasteiger partial charge >= 0.3 is 5.69 Å². The maximum absolute atomic E-state index is 10.5. The molecule has 0 spiro atoms. The van der Waals surface area contributed by atoms with E-state index in [0.717, 1.165) is 19.6 Å². The minimum absolute atomic E-state index is 0.0616. The van der Waals surface area contributed by atoms with E-state index in [1.807, 2.05) is 0 Å². The third-order valence-electron chi connectivity index (χ3n) is 3.72. The smallest absolute Gasteiger partial charge is 0.305 e. The lowest BCUT2D eigenvalue weighted by molar-refractivity contribution is -0.385. The third kappa shape index (κ3) is 2.01. The molecule has 7 heteroatoms. The fraction of sp³-hybridized carbons (Fsp3) is 0.636. The summed E-state index contributed by atoms with van der Waals surface area (Å²) in [4.78, 5) is 20.3. The molecule has 0 aliphatic carbocycles. The molecule has 0 bridgehead atoms. The first-order valence-electron chi connectivity index (χ1n) is 6.19. The topological polar surface area (TPSA) is 84.2 Å². The zero-order chi connectivity index (χ0) is 12.5. The second-order valence-corrected chi connectivity index (χ2v) is 4.87. The van der Waals surface area contributed by atoms with E-state index >= 15 is 0 Å². The molecule has 96 valence electrons. The fourth-order valence-corrected chi connectivity index (χ4v) is 2.78. The normalized spacial score (nSPS) is 27.0. The van der Waals surface area contributed by atoms with Gasteiger partial charge in [0, 0.05) is 19.1 Å². The van der Waals surface area contributed by atoms with E-state index in [9.17, 15) is 10.1 Å². The van der Waals surface area contributed by atoms with Crippen LogP contribution in [-0.2, 0) is 0 Å². The number of nitrogens with zero attached hydrogens (tertiary/aromatic N) is 4. The van der Waals surface area contributed by atoms with Crippen LogP contribution in [0.1, 0.15) is 12.8 Å². The van der Waals surface area contributed by atoms with E-state index in [4.69, 9.17) is 0 Å². The second-order valence-electron chi connectivity index (χ2n) is 4.87. The van der Waals surface area contributed by atoms with Crippen molar-refractivity contribution in [3.8, 4) is 0 Å². The van der Waals surface area contributed by atoms with Crippen LogP contribution in [0, 0.1) is 16.0 Å². The molecule has 3 heterocycles. The predicted molar refractivity (Wildman–Crippen MR) is 65.4 cm³/mol. The van der Waals surface area contributed by atoms with Gasteiger partial charge in [-0.05, 0) is 25.3 Å². The molecule has 2 fully saturated rings. The van der Waals surface area contributed by atoms with Gasteiger partial charge < -0.3 is 10.2 Å². The SMILES string of the molecule is O=[N+]([O-])c1cnc(N2C[C@@H]3CCCN[C@@H]3C2)nc1. The highest BCUT2D eigenvalue weighted by atomic mass is 16.6. The summed E-state index contributed by atoms with van der Waals surface area (Å²) in [5.41, 5.74) is -0.0616. The molecule has 18 heavy (non-hydrogen) atoms. The van der Waals surface area contributed by atoms with Crippen LogP contribution in [0.15, 0.2) is 12.4 Å². The van der Waals surface area contributed by atoms with Crippen molar-refractivity contribution in [3.05, 3.63) is 22.5 Å². The lowest BCUT2D eigenvalue weighted by Crippen LogP contribution is -2.40. The van der Waals surface area contributed by atoms with E-state index in [2.05, 4.69) is 20.2 Å². The third-order valence-corrected chi connectivity index (χ3v) is 3.72. The Morgan fingerprint density at radius 1 is 1.39 bits per heavy atom. The first-order valence-corrected chi connectivity index (χ1v) is 6.19. The van der Waals surface area contributed by atoms with Crippen LogP contribution < -0.4 is 10.2 Å². The monoisotopic (exact) mass is 249 g/mol. The van der Waals surface area contributed by atoms with Crippen LogP contribution in [0.4, 0.5) is 11.6 Å². The summed E-state index contributed by atoms with van der Waals surface area (Å²) in [6.07, 6.45) is 5.01. The second kappa shape index (κ2) is 4.49. The van der Waals surface area contributed by atoms with Gasteiger partial charge in [0.25, 0.3) is 0 Å². The van der Waals surface area contributed by atoms with Crippen molar-refractivity contribution in [1.29, 1.82) is 0 Å². The molecule has 0 amide bonds. The highest BCUT2D eigenvalue weighted by molar-refractivity contribution is 5.36. The van der Waals surface area contributed by atoms with Crippen molar-refractivity contribution in [2.75, 3.05) is 24.5 Å². The van der Waals surface area contributed by atoms with Crippen LogP contribution in [0.2, 0.25) is 0 Å². The summed E-state index contributed by atoms with van der Waals surface area (Å²) >= 11 is 0. The molecule has 2 aliphatic heterocycles. The Kier molecular flexibility index (Phi) is 2.83. The average molecular weight is 249 g/mol. The summed E-state index contributed by atoms with van der Waals surface area (Å²) in [5, 5.41) is 14.0. The number of hydrogen-bond donors (Lipinski definition) is 1. The molecule has 1 N–H and O–H groups in total. The van der Waals surface area contributed by atoms with Gasteiger partial charge in [-0.15, -0.1) is 0 Å². The minimum Gasteiger partial charge on any atom is -0.339 e. The lowest BCUT2D eigenvalue weighted by atomic mass is 9.94. The molecule has 0 unspecified atom stereocenters. The summed E-state index contributed by atoms with van der Waals surface area (Å²) in [7, 11) is 0. The zero-order valence-corrected chi connectivity index (χ0v) is 9.95. The average Bonchev–Trinajstić information content (AvgIpc) is 2.82. The number of hydrogen-bond acceptors (Lipinski definition) is 6. The van der Waals surface area contributed by atoms with Crippen LogP contribution in [0.5, 0.6) is 0 Å². The summed E-state index contributed by atoms with van der Waals surface area (Å²) in [6.45, 7) is 2.91. The van der Waals surface area contributed by atoms with Crippen LogP contribution in [0.25, 0.3) is 0 Å². The molecular weight excluding hydrogens is 234 g/mol. The van der Waals surface area contributed by atoms with Crippen molar-refractivity contribution < 1.29 is 4.92 Å². The van der Waals surface area contributed by atoms with Crippen LogP contribution in [-0.4, -0.2) is 40.6 Å². The number of nitro groups is 1. The van der Waals surface area contributed by atoms with E-state index in [1.165, 1.54) is 25.2 Å². The molecule has 1 aromatic rings. The Bertz CT molecular complexity index is 435. The molecule has 1 aromatic heterocycles. The quantitative estimate of drug-likeness (QED) is 0.609. The van der Waals surface area contributed by atoms with Gasteiger partial charge in [-0.3, -0.25) is 10.1 Å². The molecule has 0 radical (unpaired) electrons. The Hall–Kier alpha value is -1.76. The van der Waals surface area contributed by atoms with Crippen LogP contribution >= 0.6 is 0 Å². The first-order chi connectivity index (χ1) is 8.74. The van der Waals surface area contributed by atoms with Gasteiger partial charge in [-0.2, -0.15) is 0 Å².